The molecule has 27 heavy (non-hydrogen) atoms. The number of hydrogen-bond donors (Lipinski definition) is 0. The fourth-order valence-electron chi connectivity index (χ4n) is 2.29. The fraction of sp³-hybridized carbons (Fsp3) is 0.333. The Balaban J connectivity index is 1.98. The van der Waals surface area contributed by atoms with E-state index in [9.17, 15) is 16.8 Å². The molecule has 2 aromatic carbocycles. The van der Waals surface area contributed by atoms with Crippen LogP contribution in [0.15, 0.2) is 67.3 Å². The van der Waals surface area contributed by atoms with Crippen molar-refractivity contribution in [2.75, 3.05) is 13.2 Å². The Labute approximate surface area is 177 Å². The number of hydrogen-bond acceptors (Lipinski definition) is 5. The zero-order valence-corrected chi connectivity index (χ0v) is 19.6. The molecule has 0 spiro atoms. The van der Waals surface area contributed by atoms with Gasteiger partial charge in [-0.05, 0) is 62.4 Å². The van der Waals surface area contributed by atoms with E-state index in [1.165, 1.54) is 24.3 Å². The summed E-state index contributed by atoms with van der Waals surface area (Å²) in [6, 6.07) is 12.7. The van der Waals surface area contributed by atoms with Gasteiger partial charge < -0.3 is 4.74 Å². The molecule has 0 saturated heterocycles. The van der Waals surface area contributed by atoms with E-state index in [0.717, 1.165) is 8.95 Å². The summed E-state index contributed by atoms with van der Waals surface area (Å²) in [7, 11) is -7.09. The average molecular weight is 540 g/mol. The van der Waals surface area contributed by atoms with Crippen LogP contribution in [0, 0.1) is 0 Å². The first kappa shape index (κ1) is 22.5. The molecule has 2 atom stereocenters. The van der Waals surface area contributed by atoms with E-state index >= 15 is 0 Å². The number of halogens is 2. The predicted octanol–water partition coefficient (Wildman–Crippen LogP) is 4.25. The third-order valence-electron chi connectivity index (χ3n) is 4.05. The van der Waals surface area contributed by atoms with Gasteiger partial charge in [-0.1, -0.05) is 31.9 Å². The lowest BCUT2D eigenvalue weighted by atomic mass is 10.4. The Kier molecular flexibility index (Phi) is 7.66. The zero-order valence-electron chi connectivity index (χ0n) is 14.8. The van der Waals surface area contributed by atoms with Gasteiger partial charge in [-0.15, -0.1) is 0 Å². The smallest absolute Gasteiger partial charge is 0.183 e. The maximum atomic E-state index is 12.6. The molecular weight excluding hydrogens is 520 g/mol. The molecule has 0 fully saturated rings. The molecule has 0 aliphatic heterocycles. The van der Waals surface area contributed by atoms with Crippen LogP contribution in [-0.2, 0) is 24.4 Å². The summed E-state index contributed by atoms with van der Waals surface area (Å²) < 4.78 is 57.2. The van der Waals surface area contributed by atoms with Crippen LogP contribution in [0.1, 0.15) is 13.8 Å². The summed E-state index contributed by atoms with van der Waals surface area (Å²) >= 11 is 6.54. The van der Waals surface area contributed by atoms with Crippen molar-refractivity contribution in [2.45, 2.75) is 34.1 Å². The molecule has 5 nitrogen and oxygen atoms in total. The minimum atomic E-state index is -3.55. The molecule has 2 aromatic rings. The van der Waals surface area contributed by atoms with Crippen molar-refractivity contribution in [2.24, 2.45) is 0 Å². The van der Waals surface area contributed by atoms with Crippen LogP contribution in [0.25, 0.3) is 0 Å². The first-order valence-electron chi connectivity index (χ1n) is 8.12. The van der Waals surface area contributed by atoms with Crippen molar-refractivity contribution in [1.82, 2.24) is 0 Å². The van der Waals surface area contributed by atoms with E-state index in [1.807, 2.05) is 0 Å². The molecule has 9 heteroatoms. The van der Waals surface area contributed by atoms with Gasteiger partial charge in [-0.3, -0.25) is 0 Å². The summed E-state index contributed by atoms with van der Waals surface area (Å²) in [5.74, 6) is 0. The Hall–Kier alpha value is -0.740. The molecule has 0 radical (unpaired) electrons. The van der Waals surface area contributed by atoms with Crippen molar-refractivity contribution < 1.29 is 21.6 Å². The van der Waals surface area contributed by atoms with Crippen molar-refractivity contribution in [3.63, 3.8) is 0 Å². The third-order valence-corrected chi connectivity index (χ3v) is 9.36. The van der Waals surface area contributed by atoms with Crippen LogP contribution in [-0.4, -0.2) is 40.5 Å². The Morgan fingerprint density at radius 2 is 1.00 bits per heavy atom. The molecule has 0 heterocycles. The summed E-state index contributed by atoms with van der Waals surface area (Å²) in [6.45, 7) is 2.92. The first-order valence-corrected chi connectivity index (χ1v) is 12.8. The van der Waals surface area contributed by atoms with E-state index in [1.54, 1.807) is 38.1 Å². The molecule has 0 aliphatic rings. The minimum Gasteiger partial charge on any atom is -0.379 e. The maximum Gasteiger partial charge on any atom is 0.183 e. The van der Waals surface area contributed by atoms with Gasteiger partial charge in [-0.2, -0.15) is 0 Å². The third kappa shape index (κ3) is 5.63. The summed E-state index contributed by atoms with van der Waals surface area (Å²) in [6.07, 6.45) is 0. The van der Waals surface area contributed by atoms with E-state index < -0.39 is 30.2 Å². The van der Waals surface area contributed by atoms with Crippen LogP contribution in [0.2, 0.25) is 0 Å². The molecule has 2 unspecified atom stereocenters. The molecule has 2 rings (SSSR count). The standard InChI is InChI=1S/C18H20Br2O5S2/c1-13(26(21,22)17-7-3-15(19)4-8-17)11-25-12-14(2)27(23,24)18-9-5-16(20)6-10-18/h3-10,13-14H,11-12H2,1-2H3. The van der Waals surface area contributed by atoms with Gasteiger partial charge in [0.15, 0.2) is 19.7 Å². The van der Waals surface area contributed by atoms with Gasteiger partial charge in [-0.25, -0.2) is 16.8 Å². The number of sulfone groups is 2. The first-order chi connectivity index (χ1) is 12.5. The Bertz CT molecular complexity index is 888. The molecule has 0 aromatic heterocycles. The number of benzene rings is 2. The highest BCUT2D eigenvalue weighted by Crippen LogP contribution is 2.21. The largest absolute Gasteiger partial charge is 0.379 e. The van der Waals surface area contributed by atoms with E-state index in [0.29, 0.717) is 0 Å². The molecule has 0 saturated carbocycles. The molecule has 148 valence electrons. The normalized spacial score (nSPS) is 14.7. The van der Waals surface area contributed by atoms with Crippen molar-refractivity contribution in [3.05, 3.63) is 57.5 Å². The highest BCUT2D eigenvalue weighted by Gasteiger charge is 2.26. The average Bonchev–Trinajstić information content (AvgIpc) is 2.62. The quantitative estimate of drug-likeness (QED) is 0.501. The van der Waals surface area contributed by atoms with Crippen LogP contribution < -0.4 is 0 Å². The van der Waals surface area contributed by atoms with E-state index in [-0.39, 0.29) is 23.0 Å². The minimum absolute atomic E-state index is 0.0847. The fourth-order valence-corrected chi connectivity index (χ4v) is 5.33. The van der Waals surface area contributed by atoms with E-state index in [4.69, 9.17) is 4.74 Å². The Morgan fingerprint density at radius 3 is 1.30 bits per heavy atom. The van der Waals surface area contributed by atoms with Gasteiger partial charge in [0, 0.05) is 8.95 Å². The molecule has 0 bridgehead atoms. The Morgan fingerprint density at radius 1 is 0.704 bits per heavy atom. The number of rotatable bonds is 8. The van der Waals surface area contributed by atoms with Crippen molar-refractivity contribution >= 4 is 51.5 Å². The molecule has 0 amide bonds. The molecule has 0 aliphatic carbocycles. The highest BCUT2D eigenvalue weighted by atomic mass is 79.9. The number of ether oxygens (including phenoxy) is 1. The van der Waals surface area contributed by atoms with E-state index in [2.05, 4.69) is 31.9 Å². The van der Waals surface area contributed by atoms with Gasteiger partial charge in [0.1, 0.15) is 0 Å². The van der Waals surface area contributed by atoms with Gasteiger partial charge in [0.25, 0.3) is 0 Å². The maximum absolute atomic E-state index is 12.6. The van der Waals surface area contributed by atoms with Crippen molar-refractivity contribution in [1.29, 1.82) is 0 Å². The van der Waals surface area contributed by atoms with Crippen molar-refractivity contribution in [3.8, 4) is 0 Å². The van der Waals surface area contributed by atoms with Crippen LogP contribution in [0.3, 0.4) is 0 Å². The lowest BCUT2D eigenvalue weighted by Gasteiger charge is -2.17. The summed E-state index contributed by atoms with van der Waals surface area (Å²) in [4.78, 5) is 0.412. The monoisotopic (exact) mass is 538 g/mol. The van der Waals surface area contributed by atoms with Crippen LogP contribution in [0.5, 0.6) is 0 Å². The highest BCUT2D eigenvalue weighted by molar-refractivity contribution is 9.10. The lowest BCUT2D eigenvalue weighted by Crippen LogP contribution is -2.28. The van der Waals surface area contributed by atoms with Gasteiger partial charge >= 0.3 is 0 Å². The summed E-state index contributed by atoms with van der Waals surface area (Å²) in [5, 5.41) is -1.58. The van der Waals surface area contributed by atoms with Gasteiger partial charge in [0.05, 0.1) is 33.5 Å². The molecule has 0 N–H and O–H groups in total. The second kappa shape index (κ2) is 9.17. The SMILES string of the molecule is CC(COCC(C)S(=O)(=O)c1ccc(Br)cc1)S(=O)(=O)c1ccc(Br)cc1. The predicted molar refractivity (Wildman–Crippen MR) is 112 cm³/mol. The topological polar surface area (TPSA) is 77.5 Å². The van der Waals surface area contributed by atoms with Gasteiger partial charge in [0.2, 0.25) is 0 Å². The zero-order chi connectivity index (χ0) is 20.2. The second-order valence-corrected chi connectivity index (χ2v) is 12.7. The summed E-state index contributed by atoms with van der Waals surface area (Å²) in [5.41, 5.74) is 0. The van der Waals surface area contributed by atoms with Crippen LogP contribution >= 0.6 is 31.9 Å². The molecular formula is C18H20Br2O5S2. The second-order valence-electron chi connectivity index (χ2n) is 6.16. The lowest BCUT2D eigenvalue weighted by molar-refractivity contribution is 0.138. The van der Waals surface area contributed by atoms with Crippen LogP contribution in [0.4, 0.5) is 0 Å².